The number of benzene rings is 8. The molecule has 0 bridgehead atoms. The van der Waals surface area contributed by atoms with Crippen LogP contribution in [0.25, 0.3) is 65.3 Å². The third-order valence-corrected chi connectivity index (χ3v) is 8.20. The zero-order valence-corrected chi connectivity index (χ0v) is 22.5. The van der Waals surface area contributed by atoms with E-state index < -0.39 is 0 Å². The van der Waals surface area contributed by atoms with Crippen LogP contribution in [0.15, 0.2) is 158 Å². The van der Waals surface area contributed by atoms with Gasteiger partial charge in [0.25, 0.3) is 0 Å². The van der Waals surface area contributed by atoms with Crippen molar-refractivity contribution in [2.45, 2.75) is 0 Å². The van der Waals surface area contributed by atoms with Crippen LogP contribution in [0.2, 0.25) is 0 Å². The number of nitrogens with one attached hydrogen (secondary N) is 1. The number of rotatable bonds is 4. The molecule has 0 aliphatic heterocycles. The molecule has 8 aromatic carbocycles. The maximum Gasteiger partial charge on any atom is 0.0384 e. The molecule has 1 N–H and O–H groups in total. The first-order valence-corrected chi connectivity index (χ1v) is 14.1. The van der Waals surface area contributed by atoms with Gasteiger partial charge < -0.3 is 5.32 Å². The SMILES string of the molecule is c1ccc2c(-c3ccc(Nc4ccc(-c5cc6ccccc6c6ccccc56)cc4)cc3)c3ccccc3cc2c1. The molecule has 0 aromatic heterocycles. The molecular formula is C40H27N. The van der Waals surface area contributed by atoms with Crippen molar-refractivity contribution in [3.05, 3.63) is 158 Å². The molecule has 0 heterocycles. The van der Waals surface area contributed by atoms with E-state index in [-0.39, 0.29) is 0 Å². The summed E-state index contributed by atoms with van der Waals surface area (Å²) in [6.07, 6.45) is 0. The van der Waals surface area contributed by atoms with E-state index in [1.807, 2.05) is 0 Å². The summed E-state index contributed by atoms with van der Waals surface area (Å²) in [5.41, 5.74) is 7.14. The summed E-state index contributed by atoms with van der Waals surface area (Å²) in [5, 5.41) is 13.8. The topological polar surface area (TPSA) is 12.0 Å². The lowest BCUT2D eigenvalue weighted by Crippen LogP contribution is -1.91. The van der Waals surface area contributed by atoms with Gasteiger partial charge in [-0.2, -0.15) is 0 Å². The van der Waals surface area contributed by atoms with Crippen molar-refractivity contribution in [3.8, 4) is 22.3 Å². The maximum absolute atomic E-state index is 3.60. The van der Waals surface area contributed by atoms with Crippen molar-refractivity contribution >= 4 is 54.5 Å². The van der Waals surface area contributed by atoms with Crippen LogP contribution in [0.5, 0.6) is 0 Å². The number of hydrogen-bond acceptors (Lipinski definition) is 1. The Kier molecular flexibility index (Phi) is 5.53. The van der Waals surface area contributed by atoms with Gasteiger partial charge in [0.2, 0.25) is 0 Å². The van der Waals surface area contributed by atoms with E-state index in [2.05, 4.69) is 163 Å². The molecule has 0 spiro atoms. The summed E-state index contributed by atoms with van der Waals surface area (Å²) in [7, 11) is 0. The normalized spacial score (nSPS) is 11.4. The van der Waals surface area contributed by atoms with Crippen molar-refractivity contribution in [3.63, 3.8) is 0 Å². The lowest BCUT2D eigenvalue weighted by Gasteiger charge is -2.14. The molecule has 0 atom stereocenters. The van der Waals surface area contributed by atoms with Gasteiger partial charge in [-0.3, -0.25) is 0 Å². The van der Waals surface area contributed by atoms with Crippen LogP contribution in [-0.2, 0) is 0 Å². The van der Waals surface area contributed by atoms with E-state index in [0.717, 1.165) is 11.4 Å². The fourth-order valence-electron chi connectivity index (χ4n) is 6.24. The van der Waals surface area contributed by atoms with Gasteiger partial charge >= 0.3 is 0 Å². The van der Waals surface area contributed by atoms with Gasteiger partial charge in [0.05, 0.1) is 0 Å². The van der Waals surface area contributed by atoms with E-state index in [1.165, 1.54) is 65.3 Å². The van der Waals surface area contributed by atoms with Crippen LogP contribution >= 0.6 is 0 Å². The molecule has 0 radical (unpaired) electrons. The second kappa shape index (κ2) is 9.66. The molecule has 0 fully saturated rings. The predicted molar refractivity (Wildman–Crippen MR) is 177 cm³/mol. The Hall–Kier alpha value is -5.40. The molecule has 0 aliphatic carbocycles. The van der Waals surface area contributed by atoms with Crippen LogP contribution in [0.4, 0.5) is 11.4 Å². The molecule has 0 saturated heterocycles. The fourth-order valence-corrected chi connectivity index (χ4v) is 6.24. The monoisotopic (exact) mass is 521 g/mol. The van der Waals surface area contributed by atoms with E-state index in [4.69, 9.17) is 0 Å². The van der Waals surface area contributed by atoms with Crippen LogP contribution in [-0.4, -0.2) is 0 Å². The second-order valence-electron chi connectivity index (χ2n) is 10.7. The molecule has 8 rings (SSSR count). The van der Waals surface area contributed by atoms with E-state index in [9.17, 15) is 0 Å². The summed E-state index contributed by atoms with van der Waals surface area (Å²) in [6.45, 7) is 0. The van der Waals surface area contributed by atoms with Gasteiger partial charge in [-0.25, -0.2) is 0 Å². The van der Waals surface area contributed by atoms with Gasteiger partial charge in [-0.05, 0) is 102 Å². The summed E-state index contributed by atoms with van der Waals surface area (Å²) >= 11 is 0. The standard InChI is InChI=1S/C40H27N/c1-4-12-34-31(11-1)26-39(38-16-8-7-15-37(34)38)27-17-21-32(22-18-27)41-33-23-19-28(20-24-33)40-35-13-5-2-9-29(35)25-30-10-3-6-14-36(30)40/h1-26,41H. The third kappa shape index (κ3) is 4.11. The molecule has 0 unspecified atom stereocenters. The van der Waals surface area contributed by atoms with Crippen LogP contribution in [0.1, 0.15) is 0 Å². The van der Waals surface area contributed by atoms with Crippen molar-refractivity contribution in [2.24, 2.45) is 0 Å². The zero-order chi connectivity index (χ0) is 27.2. The average Bonchev–Trinajstić information content (AvgIpc) is 3.04. The highest BCUT2D eigenvalue weighted by Gasteiger charge is 2.11. The molecule has 41 heavy (non-hydrogen) atoms. The molecule has 1 nitrogen and oxygen atoms in total. The molecule has 8 aromatic rings. The molecule has 0 aliphatic rings. The van der Waals surface area contributed by atoms with E-state index in [1.54, 1.807) is 0 Å². The summed E-state index contributed by atoms with van der Waals surface area (Å²) in [6, 6.07) is 56.9. The van der Waals surface area contributed by atoms with Gasteiger partial charge in [-0.1, -0.05) is 121 Å². The van der Waals surface area contributed by atoms with Crippen LogP contribution in [0, 0.1) is 0 Å². The Labute approximate surface area is 239 Å². The molecule has 0 saturated carbocycles. The van der Waals surface area contributed by atoms with Gasteiger partial charge in [0.1, 0.15) is 0 Å². The van der Waals surface area contributed by atoms with E-state index in [0.29, 0.717) is 0 Å². The minimum atomic E-state index is 1.07. The Balaban J connectivity index is 1.12. The lowest BCUT2D eigenvalue weighted by atomic mass is 9.92. The van der Waals surface area contributed by atoms with Crippen molar-refractivity contribution < 1.29 is 0 Å². The quantitative estimate of drug-likeness (QED) is 0.179. The molecular weight excluding hydrogens is 494 g/mol. The fraction of sp³-hybridized carbons (Fsp3) is 0. The van der Waals surface area contributed by atoms with Crippen molar-refractivity contribution in [1.29, 1.82) is 0 Å². The third-order valence-electron chi connectivity index (χ3n) is 8.20. The maximum atomic E-state index is 3.60. The lowest BCUT2D eigenvalue weighted by molar-refractivity contribution is 1.55. The second-order valence-corrected chi connectivity index (χ2v) is 10.7. The zero-order valence-electron chi connectivity index (χ0n) is 22.5. The van der Waals surface area contributed by atoms with Crippen LogP contribution < -0.4 is 5.32 Å². The Morgan fingerprint density at radius 3 is 1.34 bits per heavy atom. The molecule has 1 heteroatoms. The first-order chi connectivity index (χ1) is 20.3. The number of hydrogen-bond donors (Lipinski definition) is 1. The van der Waals surface area contributed by atoms with Gasteiger partial charge in [0, 0.05) is 11.4 Å². The Bertz CT molecular complexity index is 2150. The highest BCUT2D eigenvalue weighted by Crippen LogP contribution is 2.38. The summed E-state index contributed by atoms with van der Waals surface area (Å²) in [5.74, 6) is 0. The van der Waals surface area contributed by atoms with Crippen molar-refractivity contribution in [1.82, 2.24) is 0 Å². The Morgan fingerprint density at radius 1 is 0.317 bits per heavy atom. The highest BCUT2D eigenvalue weighted by molar-refractivity contribution is 6.14. The minimum absolute atomic E-state index is 1.07. The first-order valence-electron chi connectivity index (χ1n) is 14.1. The summed E-state index contributed by atoms with van der Waals surface area (Å²) < 4.78 is 0. The molecule has 192 valence electrons. The minimum Gasteiger partial charge on any atom is -0.356 e. The predicted octanol–water partition coefficient (Wildman–Crippen LogP) is 11.4. The first kappa shape index (κ1) is 23.5. The van der Waals surface area contributed by atoms with Crippen LogP contribution in [0.3, 0.4) is 0 Å². The van der Waals surface area contributed by atoms with Gasteiger partial charge in [0.15, 0.2) is 0 Å². The van der Waals surface area contributed by atoms with E-state index >= 15 is 0 Å². The smallest absolute Gasteiger partial charge is 0.0384 e. The average molecular weight is 522 g/mol. The highest BCUT2D eigenvalue weighted by atomic mass is 14.9. The van der Waals surface area contributed by atoms with Crippen molar-refractivity contribution in [2.75, 3.05) is 5.32 Å². The van der Waals surface area contributed by atoms with Gasteiger partial charge in [-0.15, -0.1) is 0 Å². The number of fused-ring (bicyclic) bond motifs is 5. The number of anilines is 2. The largest absolute Gasteiger partial charge is 0.356 e. The summed E-state index contributed by atoms with van der Waals surface area (Å²) in [4.78, 5) is 0. The molecule has 0 amide bonds. The Morgan fingerprint density at radius 2 is 0.756 bits per heavy atom.